The van der Waals surface area contributed by atoms with Crippen LogP contribution in [0.15, 0.2) is 48.5 Å². The number of nitrogens with one attached hydrogen (secondary N) is 2. The Morgan fingerprint density at radius 2 is 1.79 bits per heavy atom. The number of piperidine rings is 1. The molecule has 1 spiro atoms. The van der Waals surface area contributed by atoms with E-state index in [-0.39, 0.29) is 11.9 Å². The van der Waals surface area contributed by atoms with Crippen LogP contribution in [0.25, 0.3) is 0 Å². The van der Waals surface area contributed by atoms with Crippen molar-refractivity contribution in [3.63, 3.8) is 0 Å². The number of rotatable bonds is 2. The number of amides is 3. The highest BCUT2D eigenvalue weighted by Gasteiger charge is 2.44. The van der Waals surface area contributed by atoms with Crippen LogP contribution < -0.4 is 15.5 Å². The van der Waals surface area contributed by atoms with E-state index in [2.05, 4.69) is 15.5 Å². The van der Waals surface area contributed by atoms with Crippen molar-refractivity contribution in [2.24, 2.45) is 0 Å². The number of para-hydroxylation sites is 1. The van der Waals surface area contributed by atoms with Crippen LogP contribution in [0, 0.1) is 6.92 Å². The minimum Gasteiger partial charge on any atom is -0.351 e. The normalized spacial score (nSPS) is 17.9. The van der Waals surface area contributed by atoms with Gasteiger partial charge in [-0.15, -0.1) is 0 Å². The van der Waals surface area contributed by atoms with Gasteiger partial charge in [-0.3, -0.25) is 4.79 Å². The zero-order chi connectivity index (χ0) is 19.7. The summed E-state index contributed by atoms with van der Waals surface area (Å²) in [4.78, 5) is 29.1. The Morgan fingerprint density at radius 1 is 1.11 bits per heavy atom. The zero-order valence-corrected chi connectivity index (χ0v) is 16.4. The molecule has 2 N–H and O–H groups in total. The Hall–Kier alpha value is -3.02. The number of likely N-dealkylation sites (tertiary alicyclic amines) is 1. The molecule has 2 aromatic rings. The van der Waals surface area contributed by atoms with E-state index in [1.807, 2.05) is 67.4 Å². The molecule has 0 bridgehead atoms. The second kappa shape index (κ2) is 7.19. The standard InChI is InChI=1S/C22H26N4O2/c1-16-7-9-17(10-8-16)15-23-21(28)26-13-11-22(12-14-26)24-20(27)18-5-3-4-6-19(18)25(22)2/h3-10H,11-15H2,1-2H3,(H,23,28)(H,24,27). The van der Waals surface area contributed by atoms with E-state index in [0.29, 0.717) is 38.0 Å². The van der Waals surface area contributed by atoms with Gasteiger partial charge < -0.3 is 20.4 Å². The lowest BCUT2D eigenvalue weighted by molar-refractivity contribution is 0.0810. The van der Waals surface area contributed by atoms with Crippen LogP contribution in [-0.4, -0.2) is 42.6 Å². The van der Waals surface area contributed by atoms with Gasteiger partial charge in [-0.2, -0.15) is 0 Å². The summed E-state index contributed by atoms with van der Waals surface area (Å²) in [6.07, 6.45) is 1.39. The molecule has 1 saturated heterocycles. The minimum absolute atomic E-state index is 0.0361. The van der Waals surface area contributed by atoms with Crippen molar-refractivity contribution in [2.45, 2.75) is 32.0 Å². The van der Waals surface area contributed by atoms with Crippen molar-refractivity contribution < 1.29 is 9.59 Å². The fourth-order valence-electron chi connectivity index (χ4n) is 4.09. The van der Waals surface area contributed by atoms with Gasteiger partial charge in [0.05, 0.1) is 11.3 Å². The largest absolute Gasteiger partial charge is 0.351 e. The third-order valence-electron chi connectivity index (χ3n) is 5.94. The number of carbonyl (C=O) groups excluding carboxylic acids is 2. The molecule has 0 saturated carbocycles. The van der Waals surface area contributed by atoms with Crippen molar-refractivity contribution in [3.05, 3.63) is 65.2 Å². The predicted molar refractivity (Wildman–Crippen MR) is 109 cm³/mol. The number of carbonyl (C=O) groups is 2. The van der Waals surface area contributed by atoms with Gasteiger partial charge in [0.1, 0.15) is 5.66 Å². The first-order chi connectivity index (χ1) is 13.5. The smallest absolute Gasteiger partial charge is 0.317 e. The Balaban J connectivity index is 1.38. The van der Waals surface area contributed by atoms with E-state index < -0.39 is 5.66 Å². The van der Waals surface area contributed by atoms with Gasteiger partial charge in [-0.05, 0) is 24.6 Å². The number of aryl methyl sites for hydroxylation is 1. The minimum atomic E-state index is -0.431. The molecule has 2 aliphatic rings. The van der Waals surface area contributed by atoms with Crippen LogP contribution in [0.2, 0.25) is 0 Å². The molecule has 28 heavy (non-hydrogen) atoms. The maximum Gasteiger partial charge on any atom is 0.317 e. The molecule has 1 fully saturated rings. The third kappa shape index (κ3) is 3.30. The van der Waals surface area contributed by atoms with Crippen molar-refractivity contribution in [2.75, 3.05) is 25.0 Å². The molecule has 2 heterocycles. The van der Waals surface area contributed by atoms with Crippen LogP contribution in [-0.2, 0) is 6.54 Å². The summed E-state index contributed by atoms with van der Waals surface area (Å²) in [5, 5.41) is 6.19. The molecule has 4 rings (SSSR count). The summed E-state index contributed by atoms with van der Waals surface area (Å²) in [6.45, 7) is 3.77. The molecule has 146 valence electrons. The molecule has 0 radical (unpaired) electrons. The zero-order valence-electron chi connectivity index (χ0n) is 16.4. The lowest BCUT2D eigenvalue weighted by Gasteiger charge is -2.51. The van der Waals surface area contributed by atoms with Crippen LogP contribution >= 0.6 is 0 Å². The summed E-state index contributed by atoms with van der Waals surface area (Å²) >= 11 is 0. The SMILES string of the molecule is Cc1ccc(CNC(=O)N2CCC3(CC2)NC(=O)c2ccccc2N3C)cc1. The molecule has 6 nitrogen and oxygen atoms in total. The number of anilines is 1. The number of benzene rings is 2. The predicted octanol–water partition coefficient (Wildman–Crippen LogP) is 2.88. The Kier molecular flexibility index (Phi) is 4.71. The molecule has 0 atom stereocenters. The first kappa shape index (κ1) is 18.3. The molecule has 2 aromatic carbocycles. The van der Waals surface area contributed by atoms with Gasteiger partial charge >= 0.3 is 6.03 Å². The molecule has 0 unspecified atom stereocenters. The average Bonchev–Trinajstić information content (AvgIpc) is 2.72. The van der Waals surface area contributed by atoms with E-state index >= 15 is 0 Å². The first-order valence-electron chi connectivity index (χ1n) is 9.72. The van der Waals surface area contributed by atoms with E-state index in [1.165, 1.54) is 5.56 Å². The lowest BCUT2D eigenvalue weighted by Crippen LogP contribution is -2.67. The van der Waals surface area contributed by atoms with Gasteiger partial charge in [-0.1, -0.05) is 42.0 Å². The number of hydrogen-bond donors (Lipinski definition) is 2. The van der Waals surface area contributed by atoms with E-state index in [4.69, 9.17) is 0 Å². The van der Waals surface area contributed by atoms with Crippen LogP contribution in [0.1, 0.15) is 34.3 Å². The molecule has 0 aromatic heterocycles. The second-order valence-corrected chi connectivity index (χ2v) is 7.69. The van der Waals surface area contributed by atoms with Crippen molar-refractivity contribution >= 4 is 17.6 Å². The molecular formula is C22H26N4O2. The Labute approximate surface area is 165 Å². The van der Waals surface area contributed by atoms with Crippen molar-refractivity contribution in [1.82, 2.24) is 15.5 Å². The van der Waals surface area contributed by atoms with Crippen molar-refractivity contribution in [1.29, 1.82) is 0 Å². The molecular weight excluding hydrogens is 352 g/mol. The number of hydrogen-bond acceptors (Lipinski definition) is 3. The molecule has 2 aliphatic heterocycles. The highest BCUT2D eigenvalue weighted by atomic mass is 16.2. The highest BCUT2D eigenvalue weighted by Crippen LogP contribution is 2.35. The topological polar surface area (TPSA) is 64.7 Å². The van der Waals surface area contributed by atoms with Crippen molar-refractivity contribution in [3.8, 4) is 0 Å². The summed E-state index contributed by atoms with van der Waals surface area (Å²) in [7, 11) is 2.02. The van der Waals surface area contributed by atoms with E-state index in [9.17, 15) is 9.59 Å². The van der Waals surface area contributed by atoms with Gasteiger partial charge in [0.15, 0.2) is 0 Å². The van der Waals surface area contributed by atoms with Crippen LogP contribution in [0.3, 0.4) is 0 Å². The van der Waals surface area contributed by atoms with Crippen LogP contribution in [0.4, 0.5) is 10.5 Å². The van der Waals surface area contributed by atoms with E-state index in [1.54, 1.807) is 0 Å². The summed E-state index contributed by atoms with van der Waals surface area (Å²) in [5.41, 5.74) is 3.51. The van der Waals surface area contributed by atoms with Gasteiger partial charge in [0.2, 0.25) is 0 Å². The number of urea groups is 1. The maximum absolute atomic E-state index is 12.6. The number of nitrogens with zero attached hydrogens (tertiary/aromatic N) is 2. The second-order valence-electron chi connectivity index (χ2n) is 7.69. The Morgan fingerprint density at radius 3 is 2.50 bits per heavy atom. The van der Waals surface area contributed by atoms with Gasteiger partial charge in [-0.25, -0.2) is 4.79 Å². The van der Waals surface area contributed by atoms with Gasteiger partial charge in [0, 0.05) is 39.5 Å². The highest BCUT2D eigenvalue weighted by molar-refractivity contribution is 6.02. The van der Waals surface area contributed by atoms with E-state index in [0.717, 1.165) is 11.3 Å². The molecule has 3 amide bonds. The lowest BCUT2D eigenvalue weighted by atomic mass is 9.90. The quantitative estimate of drug-likeness (QED) is 0.845. The van der Waals surface area contributed by atoms with Gasteiger partial charge in [0.25, 0.3) is 5.91 Å². The number of fused-ring (bicyclic) bond motifs is 1. The summed E-state index contributed by atoms with van der Waals surface area (Å²) in [5.74, 6) is -0.0361. The first-order valence-corrected chi connectivity index (χ1v) is 9.72. The van der Waals surface area contributed by atoms with Crippen LogP contribution in [0.5, 0.6) is 0 Å². The third-order valence-corrected chi connectivity index (χ3v) is 5.94. The summed E-state index contributed by atoms with van der Waals surface area (Å²) < 4.78 is 0. The molecule has 0 aliphatic carbocycles. The maximum atomic E-state index is 12.6. The summed E-state index contributed by atoms with van der Waals surface area (Å²) in [6, 6.07) is 15.8. The fourth-order valence-corrected chi connectivity index (χ4v) is 4.09. The fraction of sp³-hybridized carbons (Fsp3) is 0.364. The molecule has 6 heteroatoms. The average molecular weight is 378 g/mol. The Bertz CT molecular complexity index is 886. The monoisotopic (exact) mass is 378 g/mol.